The predicted molar refractivity (Wildman–Crippen MR) is 127 cm³/mol. The quantitative estimate of drug-likeness (QED) is 0.355. The van der Waals surface area contributed by atoms with Crippen LogP contribution in [0, 0.1) is 17.2 Å². The molecule has 2 aliphatic heterocycles. The first-order valence-corrected chi connectivity index (χ1v) is 12.7. The zero-order valence-electron chi connectivity index (χ0n) is 21.6. The van der Waals surface area contributed by atoms with Crippen LogP contribution in [0.15, 0.2) is 24.3 Å². The van der Waals surface area contributed by atoms with Gasteiger partial charge in [0.25, 0.3) is 0 Å². The Morgan fingerprint density at radius 1 is 1.05 bits per heavy atom. The summed E-state index contributed by atoms with van der Waals surface area (Å²) in [5, 5.41) is 31.5. The second-order valence-electron chi connectivity index (χ2n) is 10.9. The summed E-state index contributed by atoms with van der Waals surface area (Å²) in [6.45, 7) is 3.08. The lowest BCUT2D eigenvalue weighted by Crippen LogP contribution is -2.33. The summed E-state index contributed by atoms with van der Waals surface area (Å²) >= 11 is 0. The van der Waals surface area contributed by atoms with Gasteiger partial charge >= 0.3 is 12.4 Å². The molecule has 41 heavy (non-hydrogen) atoms. The summed E-state index contributed by atoms with van der Waals surface area (Å²) in [6, 6.07) is 4.98. The molecule has 2 N–H and O–H groups in total. The van der Waals surface area contributed by atoms with Gasteiger partial charge in [-0.05, 0) is 51.3 Å². The number of hydrogen-bond acceptors (Lipinski definition) is 7. The van der Waals surface area contributed by atoms with Crippen LogP contribution in [0.4, 0.5) is 26.3 Å². The fourth-order valence-electron chi connectivity index (χ4n) is 6.02. The largest absolute Gasteiger partial charge is 0.494 e. The molecule has 0 unspecified atom stereocenters. The van der Waals surface area contributed by atoms with Crippen molar-refractivity contribution in [3.8, 4) is 29.4 Å². The van der Waals surface area contributed by atoms with Gasteiger partial charge in [0.2, 0.25) is 17.6 Å². The van der Waals surface area contributed by atoms with Gasteiger partial charge in [0, 0.05) is 17.9 Å². The van der Waals surface area contributed by atoms with E-state index in [1.807, 2.05) is 0 Å². The molecule has 3 atom stereocenters. The van der Waals surface area contributed by atoms with Crippen LogP contribution in [0.25, 0.3) is 5.69 Å². The highest BCUT2D eigenvalue weighted by Gasteiger charge is 2.64. The third kappa shape index (κ3) is 4.16. The van der Waals surface area contributed by atoms with Gasteiger partial charge in [0.05, 0.1) is 46.2 Å². The van der Waals surface area contributed by atoms with E-state index in [-0.39, 0.29) is 47.5 Å². The molecule has 3 aliphatic rings. The van der Waals surface area contributed by atoms with Crippen molar-refractivity contribution in [2.24, 2.45) is 5.92 Å². The molecule has 2 aromatic heterocycles. The van der Waals surface area contributed by atoms with Gasteiger partial charge in [-0.2, -0.15) is 36.6 Å². The average Bonchev–Trinajstić information content (AvgIpc) is 3.59. The second-order valence-corrected chi connectivity index (χ2v) is 10.9. The van der Waals surface area contributed by atoms with E-state index in [4.69, 9.17) is 14.7 Å². The fourth-order valence-corrected chi connectivity index (χ4v) is 6.02. The maximum atomic E-state index is 13.6. The minimum absolute atomic E-state index is 0.0553. The zero-order chi connectivity index (χ0) is 29.7. The summed E-state index contributed by atoms with van der Waals surface area (Å²) in [7, 11) is 0. The highest BCUT2D eigenvalue weighted by Crippen LogP contribution is 2.66. The Kier molecular flexibility index (Phi) is 5.65. The molecule has 1 saturated heterocycles. The Morgan fingerprint density at radius 2 is 1.73 bits per heavy atom. The predicted octanol–water partition coefficient (Wildman–Crippen LogP) is 6.02. The van der Waals surface area contributed by atoms with Crippen molar-refractivity contribution in [1.29, 1.82) is 5.26 Å². The standard InChI is InChI=1S/C27H22F6N4O4/c1-24-9-14(11-40-18-8-17(27(31,32)33)35-21(36-18)12-3-4-12)25(2,41-24)20-19(24)22(38)37(23(20)39)15-6-5-13(10-34)16(7-15)26(28,29)30/h5-8,12,14,38-39H,3-4,9,11H2,1-2H3/t14-,24+,25-/m0/s1. The molecular weight excluding hydrogens is 558 g/mol. The van der Waals surface area contributed by atoms with E-state index in [0.29, 0.717) is 18.9 Å². The molecule has 0 amide bonds. The van der Waals surface area contributed by atoms with E-state index in [2.05, 4.69) is 9.97 Å². The highest BCUT2D eigenvalue weighted by atomic mass is 19.4. The molecule has 216 valence electrons. The zero-order valence-corrected chi connectivity index (χ0v) is 21.6. The van der Waals surface area contributed by atoms with Crippen LogP contribution in [-0.2, 0) is 28.3 Å². The van der Waals surface area contributed by atoms with Gasteiger partial charge in [-0.3, -0.25) is 4.57 Å². The first-order valence-electron chi connectivity index (χ1n) is 12.7. The number of ether oxygens (including phenoxy) is 2. The van der Waals surface area contributed by atoms with Gasteiger partial charge in [-0.1, -0.05) is 0 Å². The molecule has 0 spiro atoms. The summed E-state index contributed by atoms with van der Waals surface area (Å²) < 4.78 is 93.9. The Bertz CT molecular complexity index is 1620. The molecule has 14 heteroatoms. The summed E-state index contributed by atoms with van der Waals surface area (Å²) in [5.74, 6) is -2.00. The Hall–Kier alpha value is -3.99. The van der Waals surface area contributed by atoms with E-state index in [0.717, 1.165) is 16.7 Å². The number of hydrogen-bond donors (Lipinski definition) is 2. The van der Waals surface area contributed by atoms with Crippen LogP contribution < -0.4 is 4.74 Å². The summed E-state index contributed by atoms with van der Waals surface area (Å²) in [5.41, 5.74) is -5.38. The number of alkyl halides is 6. The number of rotatable bonds is 5. The number of halogens is 6. The first kappa shape index (κ1) is 27.2. The summed E-state index contributed by atoms with van der Waals surface area (Å²) in [6.07, 6.45) is -7.98. The molecule has 4 heterocycles. The van der Waals surface area contributed by atoms with Crippen molar-refractivity contribution in [2.75, 3.05) is 6.61 Å². The molecule has 1 aliphatic carbocycles. The number of benzene rings is 1. The van der Waals surface area contributed by atoms with Crippen molar-refractivity contribution in [3.05, 3.63) is 58.0 Å². The number of fused-ring (bicyclic) bond motifs is 5. The molecule has 0 radical (unpaired) electrons. The first-order chi connectivity index (χ1) is 19.1. The van der Waals surface area contributed by atoms with Gasteiger partial charge in [-0.15, -0.1) is 0 Å². The van der Waals surface area contributed by atoms with E-state index >= 15 is 0 Å². The van der Waals surface area contributed by atoms with Gasteiger partial charge in [-0.25, -0.2) is 4.98 Å². The maximum Gasteiger partial charge on any atom is 0.433 e. The molecule has 1 aromatic carbocycles. The van der Waals surface area contributed by atoms with Crippen molar-refractivity contribution < 1.29 is 46.0 Å². The lowest BCUT2D eigenvalue weighted by atomic mass is 9.73. The molecule has 8 nitrogen and oxygen atoms in total. The smallest absolute Gasteiger partial charge is 0.433 e. The second kappa shape index (κ2) is 8.51. The third-order valence-corrected chi connectivity index (χ3v) is 8.07. The topological polar surface area (TPSA) is 113 Å². The molecule has 1 saturated carbocycles. The average molecular weight is 580 g/mol. The Labute approximate surface area is 228 Å². The van der Waals surface area contributed by atoms with Crippen LogP contribution in [0.2, 0.25) is 0 Å². The molecule has 2 fully saturated rings. The Balaban J connectivity index is 1.35. The monoisotopic (exact) mass is 580 g/mol. The highest BCUT2D eigenvalue weighted by molar-refractivity contribution is 5.62. The fraction of sp³-hybridized carbons (Fsp3) is 0.444. The Morgan fingerprint density at radius 3 is 2.34 bits per heavy atom. The lowest BCUT2D eigenvalue weighted by molar-refractivity contribution is -0.141. The number of aromatic nitrogens is 3. The van der Waals surface area contributed by atoms with Crippen LogP contribution in [0.1, 0.15) is 72.8 Å². The lowest BCUT2D eigenvalue weighted by Gasteiger charge is -2.29. The molecular formula is C27H22F6N4O4. The van der Waals surface area contributed by atoms with E-state index in [1.165, 1.54) is 12.1 Å². The third-order valence-electron chi connectivity index (χ3n) is 8.07. The van der Waals surface area contributed by atoms with E-state index < -0.39 is 58.1 Å². The van der Waals surface area contributed by atoms with Crippen LogP contribution in [0.3, 0.4) is 0 Å². The molecule has 2 bridgehead atoms. The molecule has 6 rings (SSSR count). The summed E-state index contributed by atoms with van der Waals surface area (Å²) in [4.78, 5) is 7.78. The van der Waals surface area contributed by atoms with Crippen molar-refractivity contribution >= 4 is 0 Å². The van der Waals surface area contributed by atoms with Crippen molar-refractivity contribution in [2.45, 2.75) is 62.6 Å². The normalized spacial score (nSPS) is 25.3. The SMILES string of the molecule is C[C@]12C[C@@H](COc3cc(C(F)(F)F)nc(C4CC4)n3)[C@](C)(O1)c1c2c(O)n(-c2ccc(C#N)c(C(F)(F)F)c2)c1O. The van der Waals surface area contributed by atoms with E-state index in [1.54, 1.807) is 13.8 Å². The maximum absolute atomic E-state index is 13.6. The molecule has 3 aromatic rings. The van der Waals surface area contributed by atoms with Crippen LogP contribution in [0.5, 0.6) is 17.6 Å². The number of nitrogens with zero attached hydrogens (tertiary/aromatic N) is 4. The van der Waals surface area contributed by atoms with E-state index in [9.17, 15) is 36.6 Å². The number of aromatic hydroxyl groups is 2. The van der Waals surface area contributed by atoms with Crippen LogP contribution >= 0.6 is 0 Å². The minimum Gasteiger partial charge on any atom is -0.494 e. The van der Waals surface area contributed by atoms with Gasteiger partial charge < -0.3 is 19.7 Å². The van der Waals surface area contributed by atoms with Crippen molar-refractivity contribution in [3.63, 3.8) is 0 Å². The van der Waals surface area contributed by atoms with Gasteiger partial charge in [0.15, 0.2) is 5.69 Å². The van der Waals surface area contributed by atoms with Gasteiger partial charge in [0.1, 0.15) is 11.4 Å². The van der Waals surface area contributed by atoms with Crippen LogP contribution in [-0.4, -0.2) is 31.4 Å². The van der Waals surface area contributed by atoms with Crippen molar-refractivity contribution in [1.82, 2.24) is 14.5 Å². The number of nitriles is 1. The minimum atomic E-state index is -4.86.